The van der Waals surface area contributed by atoms with Gasteiger partial charge in [-0.05, 0) is 23.6 Å². The largest absolute Gasteiger partial charge is 0.496 e. The van der Waals surface area contributed by atoms with Gasteiger partial charge in [0.2, 0.25) is 0 Å². The average Bonchev–Trinajstić information content (AvgIpc) is 2.32. The second-order valence-electron chi connectivity index (χ2n) is 4.54. The lowest BCUT2D eigenvalue weighted by atomic mass is 9.84. The van der Waals surface area contributed by atoms with E-state index in [4.69, 9.17) is 9.47 Å². The van der Waals surface area contributed by atoms with E-state index in [9.17, 15) is 9.90 Å². The van der Waals surface area contributed by atoms with Crippen LogP contribution >= 0.6 is 0 Å². The SMILES string of the molecule is CCc1cc(C(C(=O)O)C2COC2)ccc1OC. The molecule has 1 N–H and O–H groups in total. The van der Waals surface area contributed by atoms with E-state index in [0.29, 0.717) is 13.2 Å². The van der Waals surface area contributed by atoms with Crippen molar-refractivity contribution in [3.8, 4) is 5.75 Å². The van der Waals surface area contributed by atoms with E-state index in [1.165, 1.54) is 0 Å². The molecule has 18 heavy (non-hydrogen) atoms. The minimum Gasteiger partial charge on any atom is -0.496 e. The monoisotopic (exact) mass is 250 g/mol. The smallest absolute Gasteiger partial charge is 0.311 e. The van der Waals surface area contributed by atoms with Crippen LogP contribution in [0.2, 0.25) is 0 Å². The van der Waals surface area contributed by atoms with Gasteiger partial charge in [-0.15, -0.1) is 0 Å². The highest BCUT2D eigenvalue weighted by molar-refractivity contribution is 5.77. The third-order valence-electron chi connectivity index (χ3n) is 3.45. The van der Waals surface area contributed by atoms with E-state index in [1.54, 1.807) is 7.11 Å². The molecule has 1 saturated heterocycles. The molecule has 2 rings (SSSR count). The van der Waals surface area contributed by atoms with E-state index < -0.39 is 11.9 Å². The Hall–Kier alpha value is -1.55. The lowest BCUT2D eigenvalue weighted by Gasteiger charge is -2.31. The minimum atomic E-state index is -0.782. The van der Waals surface area contributed by atoms with E-state index in [1.807, 2.05) is 25.1 Å². The van der Waals surface area contributed by atoms with Gasteiger partial charge in [-0.2, -0.15) is 0 Å². The van der Waals surface area contributed by atoms with Gasteiger partial charge in [-0.1, -0.05) is 19.1 Å². The van der Waals surface area contributed by atoms with Crippen LogP contribution in [0.1, 0.15) is 24.0 Å². The maximum atomic E-state index is 11.4. The number of rotatable bonds is 5. The number of carboxylic acids is 1. The fourth-order valence-corrected chi connectivity index (χ4v) is 2.33. The van der Waals surface area contributed by atoms with Gasteiger partial charge in [0, 0.05) is 5.92 Å². The van der Waals surface area contributed by atoms with Crippen LogP contribution in [0, 0.1) is 5.92 Å². The topological polar surface area (TPSA) is 55.8 Å². The van der Waals surface area contributed by atoms with Crippen molar-refractivity contribution in [2.75, 3.05) is 20.3 Å². The van der Waals surface area contributed by atoms with Gasteiger partial charge < -0.3 is 14.6 Å². The summed E-state index contributed by atoms with van der Waals surface area (Å²) >= 11 is 0. The molecule has 0 bridgehead atoms. The fraction of sp³-hybridized carbons (Fsp3) is 0.500. The second-order valence-corrected chi connectivity index (χ2v) is 4.54. The van der Waals surface area contributed by atoms with Crippen molar-refractivity contribution >= 4 is 5.97 Å². The molecule has 1 fully saturated rings. The van der Waals surface area contributed by atoms with Gasteiger partial charge in [-0.3, -0.25) is 4.79 Å². The predicted molar refractivity (Wildman–Crippen MR) is 67.1 cm³/mol. The first kappa shape index (κ1) is 12.9. The number of ether oxygens (including phenoxy) is 2. The van der Waals surface area contributed by atoms with Crippen molar-refractivity contribution in [3.63, 3.8) is 0 Å². The molecule has 1 atom stereocenters. The molecule has 98 valence electrons. The van der Waals surface area contributed by atoms with Gasteiger partial charge in [0.05, 0.1) is 26.2 Å². The average molecular weight is 250 g/mol. The van der Waals surface area contributed by atoms with Crippen molar-refractivity contribution < 1.29 is 19.4 Å². The first-order chi connectivity index (χ1) is 8.67. The summed E-state index contributed by atoms with van der Waals surface area (Å²) in [6.45, 7) is 3.10. The number of hydrogen-bond acceptors (Lipinski definition) is 3. The third-order valence-corrected chi connectivity index (χ3v) is 3.45. The van der Waals surface area contributed by atoms with E-state index in [0.717, 1.165) is 23.3 Å². The van der Waals surface area contributed by atoms with Gasteiger partial charge in [0.15, 0.2) is 0 Å². The Kier molecular flexibility index (Phi) is 3.87. The maximum absolute atomic E-state index is 11.4. The van der Waals surface area contributed by atoms with E-state index >= 15 is 0 Å². The zero-order valence-corrected chi connectivity index (χ0v) is 10.7. The van der Waals surface area contributed by atoms with E-state index in [2.05, 4.69) is 0 Å². The second kappa shape index (κ2) is 5.40. The summed E-state index contributed by atoms with van der Waals surface area (Å²) in [6, 6.07) is 5.63. The number of aryl methyl sites for hydroxylation is 1. The Morgan fingerprint density at radius 1 is 1.56 bits per heavy atom. The molecule has 1 aliphatic rings. The maximum Gasteiger partial charge on any atom is 0.311 e. The fourth-order valence-electron chi connectivity index (χ4n) is 2.33. The van der Waals surface area contributed by atoms with Crippen LogP contribution in [0.5, 0.6) is 5.75 Å². The first-order valence-corrected chi connectivity index (χ1v) is 6.14. The Balaban J connectivity index is 2.32. The molecule has 4 heteroatoms. The van der Waals surface area contributed by atoms with Gasteiger partial charge >= 0.3 is 5.97 Å². The zero-order chi connectivity index (χ0) is 13.1. The lowest BCUT2D eigenvalue weighted by Crippen LogP contribution is -2.36. The first-order valence-electron chi connectivity index (χ1n) is 6.14. The van der Waals surface area contributed by atoms with Gasteiger partial charge in [0.1, 0.15) is 5.75 Å². The molecule has 0 aromatic heterocycles. The summed E-state index contributed by atoms with van der Waals surface area (Å²) in [5, 5.41) is 9.37. The van der Waals surface area contributed by atoms with Crippen LogP contribution in [0.4, 0.5) is 0 Å². The van der Waals surface area contributed by atoms with Crippen LogP contribution in [0.25, 0.3) is 0 Å². The minimum absolute atomic E-state index is 0.0839. The molecular weight excluding hydrogens is 232 g/mol. The summed E-state index contributed by atoms with van der Waals surface area (Å²) in [5.41, 5.74) is 1.88. The highest BCUT2D eigenvalue weighted by atomic mass is 16.5. The normalized spacial score (nSPS) is 17.0. The van der Waals surface area contributed by atoms with Crippen molar-refractivity contribution in [1.29, 1.82) is 0 Å². The molecule has 1 aliphatic heterocycles. The standard InChI is InChI=1S/C14H18O4/c1-3-9-6-10(4-5-12(9)17-2)13(14(15)16)11-7-18-8-11/h4-6,11,13H,3,7-8H2,1-2H3,(H,15,16). The Morgan fingerprint density at radius 3 is 2.72 bits per heavy atom. The highest BCUT2D eigenvalue weighted by Crippen LogP contribution is 2.33. The molecular formula is C14H18O4. The Morgan fingerprint density at radius 2 is 2.28 bits per heavy atom. The Labute approximate surface area is 107 Å². The number of carbonyl (C=O) groups is 1. The molecule has 1 heterocycles. The summed E-state index contributed by atoms with van der Waals surface area (Å²) < 4.78 is 10.4. The van der Waals surface area contributed by atoms with Crippen LogP contribution in [0.3, 0.4) is 0 Å². The molecule has 1 aromatic carbocycles. The summed E-state index contributed by atoms with van der Waals surface area (Å²) in [5.74, 6) is -0.360. The van der Waals surface area contributed by atoms with Crippen molar-refractivity contribution in [2.24, 2.45) is 5.92 Å². The summed E-state index contributed by atoms with van der Waals surface area (Å²) in [4.78, 5) is 11.4. The molecule has 1 aromatic rings. The zero-order valence-electron chi connectivity index (χ0n) is 10.7. The number of hydrogen-bond donors (Lipinski definition) is 1. The molecule has 0 amide bonds. The number of carboxylic acid groups (broad SMARTS) is 1. The highest BCUT2D eigenvalue weighted by Gasteiger charge is 2.35. The Bertz CT molecular complexity index is 437. The van der Waals surface area contributed by atoms with Crippen molar-refractivity contribution in [2.45, 2.75) is 19.3 Å². The van der Waals surface area contributed by atoms with Crippen LogP contribution in [0.15, 0.2) is 18.2 Å². The van der Waals surface area contributed by atoms with Crippen LogP contribution in [-0.4, -0.2) is 31.4 Å². The molecule has 0 saturated carbocycles. The van der Waals surface area contributed by atoms with E-state index in [-0.39, 0.29) is 5.92 Å². The predicted octanol–water partition coefficient (Wildman–Crippen LogP) is 2.07. The van der Waals surface area contributed by atoms with Gasteiger partial charge in [0.25, 0.3) is 0 Å². The molecule has 1 unspecified atom stereocenters. The molecule has 0 radical (unpaired) electrons. The molecule has 4 nitrogen and oxygen atoms in total. The lowest BCUT2D eigenvalue weighted by molar-refractivity contribution is -0.146. The third kappa shape index (κ3) is 2.34. The molecule has 0 spiro atoms. The van der Waals surface area contributed by atoms with Crippen LogP contribution < -0.4 is 4.74 Å². The molecule has 0 aliphatic carbocycles. The summed E-state index contributed by atoms with van der Waals surface area (Å²) in [6.07, 6.45) is 0.824. The van der Waals surface area contributed by atoms with Crippen LogP contribution in [-0.2, 0) is 16.0 Å². The van der Waals surface area contributed by atoms with Gasteiger partial charge in [-0.25, -0.2) is 0 Å². The van der Waals surface area contributed by atoms with Crippen molar-refractivity contribution in [1.82, 2.24) is 0 Å². The van der Waals surface area contributed by atoms with Crippen molar-refractivity contribution in [3.05, 3.63) is 29.3 Å². The number of methoxy groups -OCH3 is 1. The number of aliphatic carboxylic acids is 1. The number of benzene rings is 1. The quantitative estimate of drug-likeness (QED) is 0.869. The summed E-state index contributed by atoms with van der Waals surface area (Å²) in [7, 11) is 1.63.